The molecule has 52 heavy (non-hydrogen) atoms. The fraction of sp³-hybridized carbons (Fsp3) is 0.306. The third-order valence-electron chi connectivity index (χ3n) is 8.52. The molecule has 15 nitrogen and oxygen atoms in total. The maximum atomic E-state index is 13.7. The monoisotopic (exact) mass is 730 g/mol. The zero-order chi connectivity index (χ0) is 37.7. The number of hydrogen-bond donors (Lipinski definition) is 5. The third-order valence-corrected chi connectivity index (χ3v) is 10.1. The standard InChI is InChI=1S/C36H38N6O9S/c1-36(2)29(34(48)49)42-32(47)28(33(42)52-36)40-31(46)27(20-11-6-4-7-12-20)39-30(45)22-17-23(37)19-24(18-22)38-25(43)15-10-16-26(44)41(3)51-35(50)21-13-8-5-9-14-21/h4-9,11-14,17-19,27-29,33H,10,15-16,37H2,1-3H3,(H,38,43)(H,39,45)(H,40,46)(H,48,49)/t27?,28-,29?,33?/m1/s1. The number of anilines is 2. The molecule has 16 heteroatoms. The normalized spacial score (nSPS) is 18.9. The molecule has 2 heterocycles. The van der Waals surface area contributed by atoms with Gasteiger partial charge in [0.1, 0.15) is 23.5 Å². The van der Waals surface area contributed by atoms with Crippen molar-refractivity contribution in [3.63, 3.8) is 0 Å². The molecule has 4 atom stereocenters. The van der Waals surface area contributed by atoms with Crippen molar-refractivity contribution in [2.75, 3.05) is 18.1 Å². The number of fused-ring (bicyclic) bond motifs is 1. The van der Waals surface area contributed by atoms with Crippen LogP contribution in [0.1, 0.15) is 65.4 Å². The van der Waals surface area contributed by atoms with E-state index in [4.69, 9.17) is 10.6 Å². The molecule has 2 aliphatic rings. The summed E-state index contributed by atoms with van der Waals surface area (Å²) in [7, 11) is 1.31. The second-order valence-electron chi connectivity index (χ2n) is 12.8. The van der Waals surface area contributed by atoms with Crippen molar-refractivity contribution in [2.45, 2.75) is 61.4 Å². The van der Waals surface area contributed by atoms with Gasteiger partial charge in [0.15, 0.2) is 0 Å². The van der Waals surface area contributed by atoms with Gasteiger partial charge in [-0.25, -0.2) is 9.59 Å². The van der Waals surface area contributed by atoms with Crippen LogP contribution in [0.3, 0.4) is 0 Å². The molecule has 0 radical (unpaired) electrons. The second-order valence-corrected chi connectivity index (χ2v) is 14.6. The van der Waals surface area contributed by atoms with Crippen LogP contribution >= 0.6 is 11.8 Å². The van der Waals surface area contributed by atoms with Crippen molar-refractivity contribution in [3.05, 3.63) is 95.6 Å². The van der Waals surface area contributed by atoms with Gasteiger partial charge in [-0.1, -0.05) is 48.5 Å². The van der Waals surface area contributed by atoms with Crippen LogP contribution in [-0.4, -0.2) is 85.8 Å². The fourth-order valence-electron chi connectivity index (χ4n) is 5.98. The van der Waals surface area contributed by atoms with Crippen molar-refractivity contribution >= 4 is 64.6 Å². The molecule has 2 fully saturated rings. The summed E-state index contributed by atoms with van der Waals surface area (Å²) in [6, 6.07) is 17.4. The molecule has 0 aliphatic carbocycles. The number of hydrogen-bond acceptors (Lipinski definition) is 10. The first-order chi connectivity index (χ1) is 24.7. The summed E-state index contributed by atoms with van der Waals surface area (Å²) in [6.07, 6.45) is -0.0163. The predicted octanol–water partition coefficient (Wildman–Crippen LogP) is 2.71. The first-order valence-corrected chi connectivity index (χ1v) is 17.2. The maximum absolute atomic E-state index is 13.7. The van der Waals surface area contributed by atoms with Gasteiger partial charge in [-0.3, -0.25) is 24.0 Å². The number of carboxylic acid groups (broad SMARTS) is 1. The number of amides is 5. The number of nitrogens with two attached hydrogens (primary N) is 1. The van der Waals surface area contributed by atoms with E-state index >= 15 is 0 Å². The van der Waals surface area contributed by atoms with Gasteiger partial charge in [-0.15, -0.1) is 11.8 Å². The molecule has 2 aliphatic heterocycles. The number of β-lactam (4-membered cyclic amide) rings is 1. The van der Waals surface area contributed by atoms with Gasteiger partial charge >= 0.3 is 11.9 Å². The SMILES string of the molecule is CN(OC(=O)c1ccccc1)C(=O)CCCC(=O)Nc1cc(N)cc(C(=O)NC(C(=O)N[C@@H]2C(=O)N3C2SC(C)(C)C3C(=O)O)c2ccccc2)c1. The number of carboxylic acids is 1. The Labute approximate surface area is 303 Å². The smallest absolute Gasteiger partial charge is 0.363 e. The Morgan fingerprint density at radius 3 is 2.27 bits per heavy atom. The molecule has 5 amide bonds. The highest BCUT2D eigenvalue weighted by molar-refractivity contribution is 8.01. The zero-order valence-corrected chi connectivity index (χ0v) is 29.3. The number of carbonyl (C=O) groups excluding carboxylic acids is 6. The first-order valence-electron chi connectivity index (χ1n) is 16.3. The van der Waals surface area contributed by atoms with Gasteiger partial charge in [-0.2, -0.15) is 5.06 Å². The van der Waals surface area contributed by atoms with Crippen LogP contribution in [0, 0.1) is 0 Å². The van der Waals surface area contributed by atoms with E-state index in [1.807, 2.05) is 0 Å². The lowest BCUT2D eigenvalue weighted by Gasteiger charge is -2.44. The summed E-state index contributed by atoms with van der Waals surface area (Å²) in [4.78, 5) is 95.8. The lowest BCUT2D eigenvalue weighted by atomic mass is 9.95. The third kappa shape index (κ3) is 8.34. The summed E-state index contributed by atoms with van der Waals surface area (Å²) in [5.41, 5.74) is 7.13. The number of nitrogens with one attached hydrogen (secondary N) is 3. The summed E-state index contributed by atoms with van der Waals surface area (Å²) in [5.74, 6) is -4.71. The van der Waals surface area contributed by atoms with Crippen molar-refractivity contribution in [2.24, 2.45) is 0 Å². The first kappa shape index (κ1) is 37.4. The van der Waals surface area contributed by atoms with Crippen LogP contribution in [-0.2, 0) is 28.8 Å². The van der Waals surface area contributed by atoms with Gasteiger partial charge in [-0.05, 0) is 56.2 Å². The van der Waals surface area contributed by atoms with Crippen LogP contribution in [0.15, 0.2) is 78.9 Å². The van der Waals surface area contributed by atoms with Crippen molar-refractivity contribution in [3.8, 4) is 0 Å². The van der Waals surface area contributed by atoms with Crippen LogP contribution < -0.4 is 21.7 Å². The molecule has 6 N–H and O–H groups in total. The molecule has 0 bridgehead atoms. The van der Waals surface area contributed by atoms with Crippen molar-refractivity contribution in [1.82, 2.24) is 20.6 Å². The Hall–Kier alpha value is -5.90. The highest BCUT2D eigenvalue weighted by atomic mass is 32.2. The number of aliphatic carboxylic acids is 1. The van der Waals surface area contributed by atoms with Crippen LogP contribution in [0.25, 0.3) is 0 Å². The van der Waals surface area contributed by atoms with E-state index in [9.17, 15) is 38.7 Å². The van der Waals surface area contributed by atoms with Gasteiger partial charge in [0.25, 0.3) is 11.8 Å². The molecule has 2 saturated heterocycles. The van der Waals surface area contributed by atoms with E-state index < -0.39 is 69.7 Å². The van der Waals surface area contributed by atoms with Gasteiger partial charge in [0.2, 0.25) is 17.7 Å². The maximum Gasteiger partial charge on any atom is 0.363 e. The molecule has 3 aromatic carbocycles. The summed E-state index contributed by atoms with van der Waals surface area (Å²) in [5, 5.41) is 18.0. The zero-order valence-electron chi connectivity index (χ0n) is 28.5. The summed E-state index contributed by atoms with van der Waals surface area (Å²) < 4.78 is -0.785. The molecule has 5 rings (SSSR count). The molecular weight excluding hydrogens is 692 g/mol. The second kappa shape index (κ2) is 15.6. The Morgan fingerprint density at radius 2 is 1.62 bits per heavy atom. The van der Waals surface area contributed by atoms with Crippen molar-refractivity contribution < 1.29 is 43.5 Å². The number of hydroxylamine groups is 2. The summed E-state index contributed by atoms with van der Waals surface area (Å²) >= 11 is 1.28. The quantitative estimate of drug-likeness (QED) is 0.104. The van der Waals surface area contributed by atoms with Gasteiger partial charge < -0.3 is 36.5 Å². The van der Waals surface area contributed by atoms with E-state index in [-0.39, 0.29) is 41.8 Å². The number of nitrogens with zero attached hydrogens (tertiary/aromatic N) is 2. The molecule has 3 aromatic rings. The Balaban J connectivity index is 1.18. The van der Waals surface area contributed by atoms with E-state index in [1.54, 1.807) is 74.5 Å². The van der Waals surface area contributed by atoms with Crippen LogP contribution in [0.5, 0.6) is 0 Å². The molecule has 3 unspecified atom stereocenters. The van der Waals surface area contributed by atoms with Crippen molar-refractivity contribution in [1.29, 1.82) is 0 Å². The van der Waals surface area contributed by atoms with E-state index in [2.05, 4.69) is 16.0 Å². The highest BCUT2D eigenvalue weighted by Gasteiger charge is 2.64. The van der Waals surface area contributed by atoms with Crippen LogP contribution in [0.2, 0.25) is 0 Å². The average Bonchev–Trinajstić information content (AvgIpc) is 3.37. The Bertz CT molecular complexity index is 1890. The lowest BCUT2D eigenvalue weighted by Crippen LogP contribution is -2.71. The lowest BCUT2D eigenvalue weighted by molar-refractivity contribution is -0.161. The predicted molar refractivity (Wildman–Crippen MR) is 190 cm³/mol. The van der Waals surface area contributed by atoms with E-state index in [0.717, 1.165) is 5.06 Å². The molecule has 0 saturated carbocycles. The molecule has 0 spiro atoms. The fourth-order valence-corrected chi connectivity index (χ4v) is 7.61. The molecular formula is C36H38N6O9S. The van der Waals surface area contributed by atoms with Gasteiger partial charge in [0.05, 0.1) is 5.56 Å². The Morgan fingerprint density at radius 1 is 0.962 bits per heavy atom. The number of rotatable bonds is 12. The largest absolute Gasteiger partial charge is 0.480 e. The molecule has 272 valence electrons. The number of thioether (sulfide) groups is 1. The minimum absolute atomic E-state index is 0.0318. The topological polar surface area (TPSA) is 218 Å². The summed E-state index contributed by atoms with van der Waals surface area (Å²) in [6.45, 7) is 3.45. The minimum atomic E-state index is -1.24. The molecule has 0 aromatic heterocycles. The minimum Gasteiger partial charge on any atom is -0.480 e. The average molecular weight is 731 g/mol. The number of nitrogen functional groups attached to an aromatic ring is 1. The van der Waals surface area contributed by atoms with E-state index in [0.29, 0.717) is 5.56 Å². The number of benzene rings is 3. The highest BCUT2D eigenvalue weighted by Crippen LogP contribution is 2.50. The number of carbonyl (C=O) groups is 7. The van der Waals surface area contributed by atoms with Crippen LogP contribution in [0.4, 0.5) is 11.4 Å². The van der Waals surface area contributed by atoms with Gasteiger partial charge in [0, 0.05) is 41.6 Å². The Kier molecular flexibility index (Phi) is 11.2. The van der Waals surface area contributed by atoms with E-state index in [1.165, 1.54) is 41.9 Å².